The average molecular weight is 604 g/mol. The molecular weight excluding hydrogens is 551 g/mol. The predicted molar refractivity (Wildman–Crippen MR) is 169 cm³/mol. The molecule has 0 saturated carbocycles. The first-order valence-corrected chi connectivity index (χ1v) is 20.7. The molecule has 2 aliphatic heterocycles. The van der Waals surface area contributed by atoms with Gasteiger partial charge in [0.2, 0.25) is 5.91 Å². The van der Waals surface area contributed by atoms with Crippen molar-refractivity contribution in [2.45, 2.75) is 130 Å². The van der Waals surface area contributed by atoms with Crippen LogP contribution >= 0.6 is 0 Å². The fourth-order valence-electron chi connectivity index (χ4n) is 4.56. The average Bonchev–Trinajstić information content (AvgIpc) is 3.21. The number of hydrogen-bond donors (Lipinski definition) is 0. The van der Waals surface area contributed by atoms with Crippen LogP contribution < -0.4 is 0 Å². The Hall–Kier alpha value is -1.63. The number of ether oxygens (including phenoxy) is 2. The number of aryl methyl sites for hydroxylation is 2. The molecule has 0 N–H and O–H groups in total. The van der Waals surface area contributed by atoms with E-state index in [1.165, 1.54) is 0 Å². The highest BCUT2D eigenvalue weighted by Gasteiger charge is 2.48. The third-order valence-corrected chi connectivity index (χ3v) is 18.6. The lowest BCUT2D eigenvalue weighted by Gasteiger charge is -2.40. The van der Waals surface area contributed by atoms with Crippen LogP contribution in [-0.2, 0) is 34.5 Å². The second kappa shape index (κ2) is 12.5. The molecule has 1 saturated heterocycles. The smallest absolute Gasteiger partial charge is 0.236 e. The van der Waals surface area contributed by atoms with Gasteiger partial charge in [0.1, 0.15) is 12.3 Å². The molecule has 0 radical (unpaired) electrons. The highest BCUT2D eigenvalue weighted by Crippen LogP contribution is 2.41. The molecule has 0 bridgehead atoms. The number of ketones is 1. The first-order valence-electron chi connectivity index (χ1n) is 14.9. The zero-order valence-electron chi connectivity index (χ0n) is 27.5. The quantitative estimate of drug-likeness (QED) is 0.211. The van der Waals surface area contributed by atoms with Gasteiger partial charge in [0.25, 0.3) is 0 Å². The summed E-state index contributed by atoms with van der Waals surface area (Å²) in [6.07, 6.45) is 0.970. The van der Waals surface area contributed by atoms with E-state index in [4.69, 9.17) is 18.3 Å². The van der Waals surface area contributed by atoms with E-state index in [0.717, 1.165) is 16.7 Å². The lowest BCUT2D eigenvalue weighted by molar-refractivity contribution is -0.144. The standard InChI is InChI=1S/C32H53NO6Si2/c1-22-14-13-15-23(2)25(22)20-36-19-24-18-33(29(35)16-26(24)34)30-17-27(39-41(11,12)32(6,7)8)28(38-30)21-37-40(9,10)31(3,4)5/h13-15,18,27-28,30H,16-17,19-21H2,1-12H3/t27-,28-,30-/m1/s1. The summed E-state index contributed by atoms with van der Waals surface area (Å²) < 4.78 is 26.0. The molecule has 0 aromatic heterocycles. The molecule has 41 heavy (non-hydrogen) atoms. The number of nitrogens with zero attached hydrogens (tertiary/aromatic N) is 1. The molecule has 230 valence electrons. The Labute approximate surface area is 250 Å². The molecule has 2 aliphatic rings. The fourth-order valence-corrected chi connectivity index (χ4v) is 6.94. The van der Waals surface area contributed by atoms with E-state index >= 15 is 0 Å². The summed E-state index contributed by atoms with van der Waals surface area (Å²) in [4.78, 5) is 27.5. The minimum atomic E-state index is -2.12. The van der Waals surface area contributed by atoms with E-state index in [0.29, 0.717) is 25.2 Å². The van der Waals surface area contributed by atoms with Crippen LogP contribution in [0.1, 0.15) is 71.1 Å². The largest absolute Gasteiger partial charge is 0.414 e. The van der Waals surface area contributed by atoms with Gasteiger partial charge in [-0.25, -0.2) is 0 Å². The maximum absolute atomic E-state index is 13.1. The van der Waals surface area contributed by atoms with Crippen LogP contribution in [0, 0.1) is 13.8 Å². The molecule has 0 unspecified atom stereocenters. The normalized spacial score (nSPS) is 22.9. The van der Waals surface area contributed by atoms with Gasteiger partial charge in [0, 0.05) is 18.2 Å². The van der Waals surface area contributed by atoms with Gasteiger partial charge >= 0.3 is 0 Å². The Bertz CT molecular complexity index is 1130. The Balaban J connectivity index is 1.79. The molecule has 9 heteroatoms. The Kier molecular flexibility index (Phi) is 10.4. The zero-order chi connectivity index (χ0) is 31.0. The van der Waals surface area contributed by atoms with Crippen LogP contribution in [0.4, 0.5) is 0 Å². The summed E-state index contributed by atoms with van der Waals surface area (Å²) >= 11 is 0. The van der Waals surface area contributed by atoms with E-state index in [9.17, 15) is 9.59 Å². The maximum Gasteiger partial charge on any atom is 0.236 e. The number of carbonyl (C=O) groups is 2. The van der Waals surface area contributed by atoms with Gasteiger partial charge in [-0.3, -0.25) is 14.5 Å². The fraction of sp³-hybridized carbons (Fsp3) is 0.688. The summed E-state index contributed by atoms with van der Waals surface area (Å²) in [5, 5.41) is 0.0988. The molecule has 3 atom stereocenters. The van der Waals surface area contributed by atoms with Crippen molar-refractivity contribution in [3.63, 3.8) is 0 Å². The van der Waals surface area contributed by atoms with Crippen LogP contribution in [0.2, 0.25) is 36.3 Å². The Morgan fingerprint density at radius 3 is 2.07 bits per heavy atom. The van der Waals surface area contributed by atoms with Crippen molar-refractivity contribution in [3.8, 4) is 0 Å². The number of hydrogen-bond acceptors (Lipinski definition) is 6. The summed E-state index contributed by atoms with van der Waals surface area (Å²) in [7, 11) is -4.14. The second-order valence-electron chi connectivity index (χ2n) is 14.8. The molecule has 1 aromatic carbocycles. The lowest BCUT2D eigenvalue weighted by Crippen LogP contribution is -2.48. The van der Waals surface area contributed by atoms with Gasteiger partial charge in [-0.1, -0.05) is 59.7 Å². The van der Waals surface area contributed by atoms with E-state index in [1.807, 2.05) is 6.07 Å². The van der Waals surface area contributed by atoms with Crippen molar-refractivity contribution in [3.05, 3.63) is 46.7 Å². The lowest BCUT2D eigenvalue weighted by atomic mass is 10.0. The first kappa shape index (κ1) is 33.9. The van der Waals surface area contributed by atoms with Gasteiger partial charge in [-0.05, 0) is 66.8 Å². The molecular formula is C32H53NO6Si2. The van der Waals surface area contributed by atoms with Crippen molar-refractivity contribution in [1.29, 1.82) is 0 Å². The van der Waals surface area contributed by atoms with Gasteiger partial charge < -0.3 is 18.3 Å². The van der Waals surface area contributed by atoms with Crippen molar-refractivity contribution in [2.24, 2.45) is 0 Å². The molecule has 1 fully saturated rings. The third-order valence-electron chi connectivity index (χ3n) is 9.56. The van der Waals surface area contributed by atoms with Gasteiger partial charge in [0.05, 0.1) is 32.3 Å². The SMILES string of the molecule is Cc1cccc(C)c1COCC1=CN([C@H]2C[C@@H](O[Si](C)(C)C(C)(C)C)[C@@H](CO[Si](C)(C)C(C)(C)C)O2)C(=O)CC1=O. The number of benzene rings is 1. The van der Waals surface area contributed by atoms with E-state index in [-0.39, 0.29) is 47.0 Å². The number of Topliss-reactive ketones (excluding diaryl/α,β-unsaturated/α-hetero) is 1. The maximum atomic E-state index is 13.1. The Morgan fingerprint density at radius 2 is 1.51 bits per heavy atom. The van der Waals surface area contributed by atoms with E-state index in [1.54, 1.807) is 11.1 Å². The minimum absolute atomic E-state index is 0.0309. The number of amides is 1. The molecule has 3 rings (SSSR count). The van der Waals surface area contributed by atoms with Crippen molar-refractivity contribution < 1.29 is 27.9 Å². The third kappa shape index (κ3) is 8.06. The number of carbonyl (C=O) groups excluding carboxylic acids is 2. The summed E-state index contributed by atoms with van der Waals surface area (Å²) in [6, 6.07) is 6.14. The van der Waals surface area contributed by atoms with Crippen molar-refractivity contribution in [2.75, 3.05) is 13.2 Å². The van der Waals surface area contributed by atoms with Gasteiger partial charge in [-0.2, -0.15) is 0 Å². The van der Waals surface area contributed by atoms with Crippen LogP contribution in [0.3, 0.4) is 0 Å². The summed E-state index contributed by atoms with van der Waals surface area (Å²) in [5.41, 5.74) is 3.92. The van der Waals surface area contributed by atoms with Crippen molar-refractivity contribution >= 4 is 28.3 Å². The molecule has 0 aliphatic carbocycles. The minimum Gasteiger partial charge on any atom is -0.414 e. The van der Waals surface area contributed by atoms with Gasteiger partial charge in [-0.15, -0.1) is 0 Å². The monoisotopic (exact) mass is 603 g/mol. The van der Waals surface area contributed by atoms with E-state index in [2.05, 4.69) is 93.7 Å². The van der Waals surface area contributed by atoms with Crippen LogP contribution in [0.5, 0.6) is 0 Å². The van der Waals surface area contributed by atoms with E-state index < -0.39 is 22.9 Å². The zero-order valence-corrected chi connectivity index (χ0v) is 29.5. The van der Waals surface area contributed by atoms with Crippen LogP contribution in [0.15, 0.2) is 30.0 Å². The molecule has 2 heterocycles. The van der Waals surface area contributed by atoms with Crippen molar-refractivity contribution in [1.82, 2.24) is 4.90 Å². The topological polar surface area (TPSA) is 74.3 Å². The number of rotatable bonds is 10. The first-order chi connectivity index (χ1) is 18.7. The van der Waals surface area contributed by atoms with Crippen LogP contribution in [-0.4, -0.2) is 64.9 Å². The van der Waals surface area contributed by atoms with Crippen LogP contribution in [0.25, 0.3) is 0 Å². The molecule has 7 nitrogen and oxygen atoms in total. The summed E-state index contributed by atoms with van der Waals surface area (Å²) in [5.74, 6) is -0.451. The Morgan fingerprint density at radius 1 is 0.927 bits per heavy atom. The predicted octanol–water partition coefficient (Wildman–Crippen LogP) is 7.03. The molecule has 1 amide bonds. The summed E-state index contributed by atoms with van der Waals surface area (Å²) in [6.45, 7) is 27.4. The second-order valence-corrected chi connectivity index (χ2v) is 24.3. The molecule has 0 spiro atoms. The highest BCUT2D eigenvalue weighted by molar-refractivity contribution is 6.74. The van der Waals surface area contributed by atoms with Gasteiger partial charge in [0.15, 0.2) is 22.4 Å². The molecule has 1 aromatic rings. The highest BCUT2D eigenvalue weighted by atomic mass is 28.4.